The van der Waals surface area contributed by atoms with Crippen molar-refractivity contribution < 1.29 is 23.4 Å². The van der Waals surface area contributed by atoms with E-state index in [4.69, 9.17) is 4.74 Å². The predicted octanol–water partition coefficient (Wildman–Crippen LogP) is 0.596. The summed E-state index contributed by atoms with van der Waals surface area (Å²) in [7, 11) is 0. The van der Waals surface area contributed by atoms with E-state index >= 15 is 0 Å². The molecule has 1 amide bonds. The molecule has 2 aliphatic heterocycles. The number of hydrogen-bond donors (Lipinski definition) is 1. The SMILES string of the molecule is Cc1cc(C(F)F)nn1CC(=O)N1C[C@H]2COC[C@@]2(CO)C1. The van der Waals surface area contributed by atoms with Crippen LogP contribution in [0.2, 0.25) is 0 Å². The Hall–Kier alpha value is -1.54. The van der Waals surface area contributed by atoms with Crippen LogP contribution in [0.3, 0.4) is 0 Å². The summed E-state index contributed by atoms with van der Waals surface area (Å²) in [4.78, 5) is 14.1. The van der Waals surface area contributed by atoms with E-state index in [0.29, 0.717) is 32.0 Å². The van der Waals surface area contributed by atoms with Crippen LogP contribution < -0.4 is 0 Å². The fourth-order valence-corrected chi connectivity index (χ4v) is 3.28. The van der Waals surface area contributed by atoms with E-state index in [1.165, 1.54) is 10.7 Å². The minimum Gasteiger partial charge on any atom is -0.396 e. The molecule has 0 bridgehead atoms. The lowest BCUT2D eigenvalue weighted by molar-refractivity contribution is -0.132. The largest absolute Gasteiger partial charge is 0.396 e. The van der Waals surface area contributed by atoms with Crippen LogP contribution in [-0.2, 0) is 16.1 Å². The molecule has 6 nitrogen and oxygen atoms in total. The third-order valence-electron chi connectivity index (χ3n) is 4.70. The quantitative estimate of drug-likeness (QED) is 0.883. The van der Waals surface area contributed by atoms with E-state index in [1.54, 1.807) is 11.8 Å². The highest BCUT2D eigenvalue weighted by molar-refractivity contribution is 5.76. The number of nitrogens with zero attached hydrogens (tertiary/aromatic N) is 3. The Labute approximate surface area is 126 Å². The average Bonchev–Trinajstić information content (AvgIpc) is 3.11. The average molecular weight is 315 g/mol. The zero-order chi connectivity index (χ0) is 15.9. The van der Waals surface area contributed by atoms with Gasteiger partial charge in [0.05, 0.1) is 19.8 Å². The molecule has 2 atom stereocenters. The van der Waals surface area contributed by atoms with E-state index in [2.05, 4.69) is 5.10 Å². The van der Waals surface area contributed by atoms with Crippen molar-refractivity contribution in [2.24, 2.45) is 11.3 Å². The Bertz CT molecular complexity index is 578. The van der Waals surface area contributed by atoms with Crippen molar-refractivity contribution in [1.29, 1.82) is 0 Å². The molecule has 3 heterocycles. The van der Waals surface area contributed by atoms with Gasteiger partial charge in [0, 0.05) is 30.1 Å². The van der Waals surface area contributed by atoms with Crippen LogP contribution in [0, 0.1) is 18.3 Å². The highest BCUT2D eigenvalue weighted by atomic mass is 19.3. The second-order valence-corrected chi connectivity index (χ2v) is 6.18. The number of hydrogen-bond acceptors (Lipinski definition) is 4. The molecule has 1 aromatic rings. The van der Waals surface area contributed by atoms with Gasteiger partial charge in [0.15, 0.2) is 0 Å². The predicted molar refractivity (Wildman–Crippen MR) is 72.3 cm³/mol. The number of halogens is 2. The van der Waals surface area contributed by atoms with Crippen LogP contribution >= 0.6 is 0 Å². The number of aliphatic hydroxyl groups excluding tert-OH is 1. The normalized spacial score (nSPS) is 27.7. The molecule has 1 N–H and O–H groups in total. The van der Waals surface area contributed by atoms with Gasteiger partial charge in [-0.15, -0.1) is 0 Å². The minimum atomic E-state index is -2.64. The number of rotatable bonds is 4. The highest BCUT2D eigenvalue weighted by Crippen LogP contribution is 2.40. The molecular weight excluding hydrogens is 296 g/mol. The first-order valence-corrected chi connectivity index (χ1v) is 7.24. The van der Waals surface area contributed by atoms with Crippen LogP contribution in [0.15, 0.2) is 6.07 Å². The zero-order valence-electron chi connectivity index (χ0n) is 12.3. The second-order valence-electron chi connectivity index (χ2n) is 6.18. The molecular formula is C14H19F2N3O3. The highest BCUT2D eigenvalue weighted by Gasteiger charge is 2.51. The van der Waals surface area contributed by atoms with Gasteiger partial charge in [0.25, 0.3) is 6.43 Å². The number of amides is 1. The van der Waals surface area contributed by atoms with Crippen molar-refractivity contribution in [3.05, 3.63) is 17.5 Å². The molecule has 2 fully saturated rings. The lowest BCUT2D eigenvalue weighted by atomic mass is 9.82. The van der Waals surface area contributed by atoms with Gasteiger partial charge >= 0.3 is 0 Å². The molecule has 8 heteroatoms. The first kappa shape index (κ1) is 15.4. The molecule has 2 saturated heterocycles. The number of fused-ring (bicyclic) bond motifs is 1. The van der Waals surface area contributed by atoms with Crippen LogP contribution in [-0.4, -0.2) is 58.6 Å². The first-order valence-electron chi connectivity index (χ1n) is 7.24. The van der Waals surface area contributed by atoms with Crippen molar-refractivity contribution in [2.75, 3.05) is 32.9 Å². The van der Waals surface area contributed by atoms with Crippen LogP contribution in [0.5, 0.6) is 0 Å². The maximum absolute atomic E-state index is 12.6. The number of aromatic nitrogens is 2. The molecule has 0 aromatic carbocycles. The van der Waals surface area contributed by atoms with E-state index in [9.17, 15) is 18.7 Å². The maximum atomic E-state index is 12.6. The Kier molecular flexibility index (Phi) is 3.90. The summed E-state index contributed by atoms with van der Waals surface area (Å²) in [6, 6.07) is 1.29. The van der Waals surface area contributed by atoms with Crippen LogP contribution in [0.25, 0.3) is 0 Å². The molecule has 3 rings (SSSR count). The van der Waals surface area contributed by atoms with Crippen LogP contribution in [0.1, 0.15) is 17.8 Å². The van der Waals surface area contributed by atoms with Crippen molar-refractivity contribution in [3.63, 3.8) is 0 Å². The number of aryl methyl sites for hydroxylation is 1. The first-order chi connectivity index (χ1) is 10.4. The summed E-state index contributed by atoms with van der Waals surface area (Å²) >= 11 is 0. The number of ether oxygens (including phenoxy) is 1. The fourth-order valence-electron chi connectivity index (χ4n) is 3.28. The standard InChI is InChI=1S/C14H19F2N3O3/c1-9-2-11(13(15)16)17-19(9)4-12(21)18-3-10-5-22-8-14(10,6-18)7-20/h2,10,13,20H,3-8H2,1H3/t10-,14-/m0/s1. The van der Waals surface area contributed by atoms with E-state index in [1.807, 2.05) is 0 Å². The van der Waals surface area contributed by atoms with E-state index < -0.39 is 6.43 Å². The van der Waals surface area contributed by atoms with Crippen molar-refractivity contribution in [1.82, 2.24) is 14.7 Å². The third kappa shape index (κ3) is 2.50. The van der Waals surface area contributed by atoms with Gasteiger partial charge in [-0.25, -0.2) is 8.78 Å². The number of likely N-dealkylation sites (tertiary alicyclic amines) is 1. The number of carbonyl (C=O) groups is 1. The summed E-state index contributed by atoms with van der Waals surface area (Å²) < 4.78 is 32.0. The molecule has 0 saturated carbocycles. The second kappa shape index (κ2) is 5.58. The van der Waals surface area contributed by atoms with Gasteiger partial charge in [-0.2, -0.15) is 5.10 Å². The zero-order valence-corrected chi connectivity index (χ0v) is 12.3. The summed E-state index contributed by atoms with van der Waals surface area (Å²) in [5.41, 5.74) is -0.157. The van der Waals surface area contributed by atoms with E-state index in [0.717, 1.165) is 0 Å². The number of carbonyl (C=O) groups excluding carboxylic acids is 1. The molecule has 1 aromatic heterocycles. The van der Waals surface area contributed by atoms with Crippen molar-refractivity contribution in [2.45, 2.75) is 19.9 Å². The van der Waals surface area contributed by atoms with Gasteiger partial charge in [0.2, 0.25) is 5.91 Å². The van der Waals surface area contributed by atoms with Gasteiger partial charge < -0.3 is 14.7 Å². The molecule has 0 aliphatic carbocycles. The lowest BCUT2D eigenvalue weighted by Crippen LogP contribution is -2.37. The molecule has 0 radical (unpaired) electrons. The van der Waals surface area contributed by atoms with Gasteiger partial charge in [-0.3, -0.25) is 9.48 Å². The molecule has 2 aliphatic rings. The summed E-state index contributed by atoms with van der Waals surface area (Å²) in [5, 5.41) is 13.4. The monoisotopic (exact) mass is 315 g/mol. The van der Waals surface area contributed by atoms with Gasteiger partial charge in [0.1, 0.15) is 12.2 Å². The summed E-state index contributed by atoms with van der Waals surface area (Å²) in [6.45, 7) is 3.53. The smallest absolute Gasteiger partial charge is 0.282 e. The van der Waals surface area contributed by atoms with Crippen molar-refractivity contribution in [3.8, 4) is 0 Å². The molecule has 0 unspecified atom stereocenters. The Morgan fingerprint density at radius 3 is 3.00 bits per heavy atom. The Morgan fingerprint density at radius 2 is 2.41 bits per heavy atom. The third-order valence-corrected chi connectivity index (χ3v) is 4.70. The maximum Gasteiger partial charge on any atom is 0.282 e. The molecule has 122 valence electrons. The molecule has 22 heavy (non-hydrogen) atoms. The Balaban J connectivity index is 1.68. The van der Waals surface area contributed by atoms with Crippen molar-refractivity contribution >= 4 is 5.91 Å². The fraction of sp³-hybridized carbons (Fsp3) is 0.714. The van der Waals surface area contributed by atoms with Crippen LogP contribution in [0.4, 0.5) is 8.78 Å². The lowest BCUT2D eigenvalue weighted by Gasteiger charge is -2.24. The van der Waals surface area contributed by atoms with E-state index in [-0.39, 0.29) is 36.1 Å². The summed E-state index contributed by atoms with van der Waals surface area (Å²) in [6.07, 6.45) is -2.64. The van der Waals surface area contributed by atoms with Gasteiger partial charge in [-0.1, -0.05) is 0 Å². The topological polar surface area (TPSA) is 67.6 Å². The number of alkyl halides is 2. The van der Waals surface area contributed by atoms with Gasteiger partial charge in [-0.05, 0) is 13.0 Å². The summed E-state index contributed by atoms with van der Waals surface area (Å²) in [5.74, 6) is -0.0361. The minimum absolute atomic E-state index is 0.0161. The number of aliphatic hydroxyl groups is 1. The Morgan fingerprint density at radius 1 is 1.64 bits per heavy atom. The molecule has 0 spiro atoms.